The molecule has 21 heavy (non-hydrogen) atoms. The normalized spacial score (nSPS) is 17.9. The van der Waals surface area contributed by atoms with E-state index in [1.165, 1.54) is 0 Å². The molecule has 1 fully saturated rings. The summed E-state index contributed by atoms with van der Waals surface area (Å²) in [5.41, 5.74) is -0.273. The maximum Gasteiger partial charge on any atom is 0.254 e. The van der Waals surface area contributed by atoms with Gasteiger partial charge in [0.1, 0.15) is 11.4 Å². The minimum atomic E-state index is -0.828. The van der Waals surface area contributed by atoms with Gasteiger partial charge in [-0.15, -0.1) is 0 Å². The zero-order chi connectivity index (χ0) is 15.8. The summed E-state index contributed by atoms with van der Waals surface area (Å²) in [6, 6.07) is 3.44. The van der Waals surface area contributed by atoms with E-state index < -0.39 is 5.54 Å². The standard InChI is InChI=1S/C15H22N4O2/c1-15(2)14(21)18(5)8-9-19(15)13(20)11-6-7-16-12(10-11)17(3)4/h6-7,10H,8-9H2,1-5H3. The molecule has 0 bridgehead atoms. The predicted octanol–water partition coefficient (Wildman–Crippen LogP) is 0.840. The molecule has 1 aliphatic heterocycles. The molecule has 1 aliphatic rings. The van der Waals surface area contributed by atoms with E-state index in [1.54, 1.807) is 49.0 Å². The fourth-order valence-electron chi connectivity index (χ4n) is 2.52. The van der Waals surface area contributed by atoms with Gasteiger partial charge in [-0.25, -0.2) is 4.98 Å². The van der Waals surface area contributed by atoms with E-state index in [0.717, 1.165) is 5.82 Å². The maximum absolute atomic E-state index is 12.8. The number of hydrogen-bond donors (Lipinski definition) is 0. The summed E-state index contributed by atoms with van der Waals surface area (Å²) in [4.78, 5) is 34.4. The molecule has 0 spiro atoms. The van der Waals surface area contributed by atoms with Crippen LogP contribution in [0.25, 0.3) is 0 Å². The van der Waals surface area contributed by atoms with Crippen molar-refractivity contribution >= 4 is 17.6 Å². The molecule has 0 N–H and O–H groups in total. The van der Waals surface area contributed by atoms with Gasteiger partial charge in [0.15, 0.2) is 0 Å². The highest BCUT2D eigenvalue weighted by atomic mass is 16.2. The number of carbonyl (C=O) groups is 2. The minimum Gasteiger partial charge on any atom is -0.363 e. The second-order valence-corrected chi connectivity index (χ2v) is 6.04. The number of anilines is 1. The first-order chi connectivity index (χ1) is 9.75. The average molecular weight is 290 g/mol. The van der Waals surface area contributed by atoms with Crippen molar-refractivity contribution in [1.82, 2.24) is 14.8 Å². The Bertz CT molecular complexity index is 569. The van der Waals surface area contributed by atoms with Crippen molar-refractivity contribution in [2.45, 2.75) is 19.4 Å². The Morgan fingerprint density at radius 3 is 2.62 bits per heavy atom. The Balaban J connectivity index is 2.31. The number of hydrogen-bond acceptors (Lipinski definition) is 4. The molecule has 1 aromatic rings. The van der Waals surface area contributed by atoms with Gasteiger partial charge < -0.3 is 14.7 Å². The van der Waals surface area contributed by atoms with Gasteiger partial charge in [-0.1, -0.05) is 0 Å². The molecule has 0 saturated carbocycles. The molecule has 0 aromatic carbocycles. The summed E-state index contributed by atoms with van der Waals surface area (Å²) in [6.45, 7) is 4.67. The summed E-state index contributed by atoms with van der Waals surface area (Å²) < 4.78 is 0. The third kappa shape index (κ3) is 2.70. The molecule has 0 unspecified atom stereocenters. The van der Waals surface area contributed by atoms with E-state index in [1.807, 2.05) is 19.0 Å². The molecule has 1 saturated heterocycles. The number of amides is 2. The van der Waals surface area contributed by atoms with Crippen molar-refractivity contribution in [2.24, 2.45) is 0 Å². The van der Waals surface area contributed by atoms with Crippen LogP contribution in [0.3, 0.4) is 0 Å². The Labute approximate surface area is 125 Å². The van der Waals surface area contributed by atoms with Crippen molar-refractivity contribution in [3.8, 4) is 0 Å². The molecule has 2 heterocycles. The SMILES string of the molecule is CN1CCN(C(=O)c2ccnc(N(C)C)c2)C(C)(C)C1=O. The van der Waals surface area contributed by atoms with Gasteiger partial charge in [-0.3, -0.25) is 9.59 Å². The third-order valence-corrected chi connectivity index (χ3v) is 3.90. The molecule has 114 valence electrons. The summed E-state index contributed by atoms with van der Waals surface area (Å²) in [5.74, 6) is 0.551. The lowest BCUT2D eigenvalue weighted by Crippen LogP contribution is -2.63. The van der Waals surface area contributed by atoms with Crippen molar-refractivity contribution in [3.05, 3.63) is 23.9 Å². The highest BCUT2D eigenvalue weighted by molar-refractivity contribution is 6.00. The number of likely N-dealkylation sites (N-methyl/N-ethyl adjacent to an activating group) is 1. The maximum atomic E-state index is 12.8. The number of piperazine rings is 1. The third-order valence-electron chi connectivity index (χ3n) is 3.90. The van der Waals surface area contributed by atoms with Crippen LogP contribution in [0, 0.1) is 0 Å². The van der Waals surface area contributed by atoms with Crippen molar-refractivity contribution in [2.75, 3.05) is 39.1 Å². The number of nitrogens with zero attached hydrogens (tertiary/aromatic N) is 4. The Morgan fingerprint density at radius 1 is 1.33 bits per heavy atom. The largest absolute Gasteiger partial charge is 0.363 e. The van der Waals surface area contributed by atoms with Crippen LogP contribution in [0.2, 0.25) is 0 Å². The number of aromatic nitrogens is 1. The summed E-state index contributed by atoms with van der Waals surface area (Å²) in [7, 11) is 5.52. The van der Waals surface area contributed by atoms with Crippen LogP contribution in [-0.2, 0) is 4.79 Å². The highest BCUT2D eigenvalue weighted by Gasteiger charge is 2.43. The van der Waals surface area contributed by atoms with Crippen molar-refractivity contribution in [3.63, 3.8) is 0 Å². The van der Waals surface area contributed by atoms with E-state index in [0.29, 0.717) is 18.7 Å². The van der Waals surface area contributed by atoms with Gasteiger partial charge in [-0.2, -0.15) is 0 Å². The molecule has 6 heteroatoms. The summed E-state index contributed by atoms with van der Waals surface area (Å²) in [6.07, 6.45) is 1.62. The monoisotopic (exact) mass is 290 g/mol. The Kier molecular flexibility index (Phi) is 3.89. The topological polar surface area (TPSA) is 56.8 Å². The highest BCUT2D eigenvalue weighted by Crippen LogP contribution is 2.24. The fourth-order valence-corrected chi connectivity index (χ4v) is 2.52. The zero-order valence-electron chi connectivity index (χ0n) is 13.3. The number of pyridine rings is 1. The lowest BCUT2D eigenvalue weighted by Gasteiger charge is -2.44. The van der Waals surface area contributed by atoms with Gasteiger partial charge in [0.25, 0.3) is 5.91 Å². The van der Waals surface area contributed by atoms with Gasteiger partial charge in [0.05, 0.1) is 0 Å². The molecule has 0 radical (unpaired) electrons. The van der Waals surface area contributed by atoms with Crippen LogP contribution < -0.4 is 4.90 Å². The van der Waals surface area contributed by atoms with Crippen molar-refractivity contribution < 1.29 is 9.59 Å². The smallest absolute Gasteiger partial charge is 0.254 e. The van der Waals surface area contributed by atoms with Gasteiger partial charge >= 0.3 is 0 Å². The van der Waals surface area contributed by atoms with Crippen LogP contribution in [-0.4, -0.2) is 66.4 Å². The van der Waals surface area contributed by atoms with Crippen LogP contribution >= 0.6 is 0 Å². The second kappa shape index (κ2) is 5.35. The number of rotatable bonds is 2. The van der Waals surface area contributed by atoms with Crippen LogP contribution in [0.1, 0.15) is 24.2 Å². The second-order valence-electron chi connectivity index (χ2n) is 6.04. The lowest BCUT2D eigenvalue weighted by molar-refractivity contribution is -0.144. The lowest BCUT2D eigenvalue weighted by atomic mass is 9.96. The molecular weight excluding hydrogens is 268 g/mol. The Morgan fingerprint density at radius 2 is 2.00 bits per heavy atom. The molecular formula is C15H22N4O2. The van der Waals surface area contributed by atoms with E-state index in [9.17, 15) is 9.59 Å². The first-order valence-electron chi connectivity index (χ1n) is 6.96. The number of carbonyl (C=O) groups excluding carboxylic acids is 2. The van der Waals surface area contributed by atoms with Gasteiger partial charge in [0, 0.05) is 46.0 Å². The molecule has 6 nitrogen and oxygen atoms in total. The van der Waals surface area contributed by atoms with E-state index in [4.69, 9.17) is 0 Å². The molecule has 2 rings (SSSR count). The molecule has 0 atom stereocenters. The van der Waals surface area contributed by atoms with E-state index >= 15 is 0 Å². The van der Waals surface area contributed by atoms with E-state index in [-0.39, 0.29) is 11.8 Å². The van der Waals surface area contributed by atoms with Gasteiger partial charge in [-0.05, 0) is 26.0 Å². The van der Waals surface area contributed by atoms with Gasteiger partial charge in [0.2, 0.25) is 5.91 Å². The quantitative estimate of drug-likeness (QED) is 0.810. The Hall–Kier alpha value is -2.11. The summed E-state index contributed by atoms with van der Waals surface area (Å²) in [5, 5.41) is 0. The fraction of sp³-hybridized carbons (Fsp3) is 0.533. The van der Waals surface area contributed by atoms with Crippen molar-refractivity contribution in [1.29, 1.82) is 0 Å². The summed E-state index contributed by atoms with van der Waals surface area (Å²) >= 11 is 0. The zero-order valence-corrected chi connectivity index (χ0v) is 13.3. The average Bonchev–Trinajstić information content (AvgIpc) is 2.44. The predicted molar refractivity (Wildman–Crippen MR) is 81.3 cm³/mol. The molecule has 2 amide bonds. The van der Waals surface area contributed by atoms with Crippen LogP contribution in [0.5, 0.6) is 0 Å². The molecule has 1 aromatic heterocycles. The first-order valence-corrected chi connectivity index (χ1v) is 6.96. The van der Waals surface area contributed by atoms with Crippen LogP contribution in [0.15, 0.2) is 18.3 Å². The van der Waals surface area contributed by atoms with Crippen LogP contribution in [0.4, 0.5) is 5.82 Å². The molecule has 0 aliphatic carbocycles. The minimum absolute atomic E-state index is 0.0380. The first kappa shape index (κ1) is 15.3. The van der Waals surface area contributed by atoms with E-state index in [2.05, 4.69) is 4.98 Å².